The summed E-state index contributed by atoms with van der Waals surface area (Å²) < 4.78 is 31.1. The molecule has 5 nitrogen and oxygen atoms in total. The normalized spacial score (nSPS) is 24.6. The number of benzene rings is 3. The first-order valence-corrected chi connectivity index (χ1v) is 11.6. The Morgan fingerprint density at radius 3 is 1.47 bits per heavy atom. The van der Waals surface area contributed by atoms with E-state index in [2.05, 4.69) is 6.58 Å². The lowest BCUT2D eigenvalue weighted by atomic mass is 9.97. The molecule has 3 aromatic rings. The van der Waals surface area contributed by atoms with Crippen molar-refractivity contribution < 1.29 is 23.7 Å². The van der Waals surface area contributed by atoms with Gasteiger partial charge in [-0.1, -0.05) is 97.1 Å². The molecule has 1 heterocycles. The molecule has 178 valence electrons. The van der Waals surface area contributed by atoms with E-state index in [4.69, 9.17) is 23.7 Å². The first-order valence-electron chi connectivity index (χ1n) is 11.6. The Labute approximate surface area is 201 Å². The molecule has 1 fully saturated rings. The number of hydrogen-bond donors (Lipinski definition) is 0. The van der Waals surface area contributed by atoms with Gasteiger partial charge in [-0.15, -0.1) is 6.58 Å². The summed E-state index contributed by atoms with van der Waals surface area (Å²) in [5.74, 6) is 0. The predicted octanol–water partition coefficient (Wildman–Crippen LogP) is 5.30. The molecule has 1 aliphatic heterocycles. The van der Waals surface area contributed by atoms with Crippen LogP contribution in [-0.4, -0.2) is 37.8 Å². The molecule has 0 bridgehead atoms. The second kappa shape index (κ2) is 12.6. The van der Waals surface area contributed by atoms with Gasteiger partial charge in [0.25, 0.3) is 0 Å². The van der Waals surface area contributed by atoms with Crippen LogP contribution in [0.25, 0.3) is 0 Å². The maximum atomic E-state index is 6.48. The van der Waals surface area contributed by atoms with E-state index < -0.39 is 30.7 Å². The molecule has 5 atom stereocenters. The molecule has 0 radical (unpaired) electrons. The van der Waals surface area contributed by atoms with E-state index in [9.17, 15) is 0 Å². The summed E-state index contributed by atoms with van der Waals surface area (Å²) in [5, 5.41) is 0. The molecule has 1 saturated heterocycles. The number of rotatable bonds is 11. The van der Waals surface area contributed by atoms with Gasteiger partial charge >= 0.3 is 0 Å². The Morgan fingerprint density at radius 1 is 0.647 bits per heavy atom. The van der Waals surface area contributed by atoms with Crippen LogP contribution in [0.3, 0.4) is 0 Å². The lowest BCUT2D eigenvalue weighted by molar-refractivity contribution is -0.309. The molecule has 3 aromatic carbocycles. The number of hydrogen-bond acceptors (Lipinski definition) is 5. The van der Waals surface area contributed by atoms with Crippen molar-refractivity contribution in [3.8, 4) is 0 Å². The maximum Gasteiger partial charge on any atom is 0.186 e. The second-order valence-electron chi connectivity index (χ2n) is 8.22. The van der Waals surface area contributed by atoms with Crippen LogP contribution in [0.5, 0.6) is 0 Å². The minimum atomic E-state index is -0.621. The van der Waals surface area contributed by atoms with Gasteiger partial charge in [0, 0.05) is 7.11 Å². The molecule has 0 unspecified atom stereocenters. The predicted molar refractivity (Wildman–Crippen MR) is 131 cm³/mol. The second-order valence-corrected chi connectivity index (χ2v) is 8.22. The van der Waals surface area contributed by atoms with Crippen LogP contribution in [0.2, 0.25) is 0 Å². The van der Waals surface area contributed by atoms with E-state index in [-0.39, 0.29) is 0 Å². The van der Waals surface area contributed by atoms with Crippen molar-refractivity contribution in [2.75, 3.05) is 7.11 Å². The van der Waals surface area contributed by atoms with Crippen molar-refractivity contribution in [1.29, 1.82) is 0 Å². The summed E-state index contributed by atoms with van der Waals surface area (Å²) in [6.07, 6.45) is -0.641. The fourth-order valence-electron chi connectivity index (χ4n) is 4.07. The van der Waals surface area contributed by atoms with Crippen LogP contribution < -0.4 is 0 Å². The van der Waals surface area contributed by atoms with E-state index in [0.717, 1.165) is 16.7 Å². The van der Waals surface area contributed by atoms with Gasteiger partial charge in [0.1, 0.15) is 24.4 Å². The number of methoxy groups -OCH3 is 1. The number of ether oxygens (including phenoxy) is 5. The zero-order valence-corrected chi connectivity index (χ0v) is 19.5. The highest BCUT2D eigenvalue weighted by molar-refractivity contribution is 5.16. The highest BCUT2D eigenvalue weighted by Crippen LogP contribution is 2.31. The Hall–Kier alpha value is -2.80. The molecule has 0 spiro atoms. The van der Waals surface area contributed by atoms with Crippen molar-refractivity contribution in [2.45, 2.75) is 50.5 Å². The summed E-state index contributed by atoms with van der Waals surface area (Å²) in [5.41, 5.74) is 3.20. The fraction of sp³-hybridized carbons (Fsp3) is 0.310. The van der Waals surface area contributed by atoms with E-state index in [1.807, 2.05) is 91.0 Å². The quantitative estimate of drug-likeness (QED) is 0.364. The van der Waals surface area contributed by atoms with Crippen LogP contribution in [-0.2, 0) is 43.5 Å². The standard InChI is InChI=1S/C29H32O5/c1-3-25-26(31-19-22-13-7-4-8-14-22)27(32-20-23-15-9-5-10-16-23)28(29(30-2)34-25)33-21-24-17-11-6-12-18-24/h3-18,25-29H,1,19-21H2,2H3/t25-,26-,27+,28+,29+/m1/s1. The Morgan fingerprint density at radius 2 is 1.06 bits per heavy atom. The van der Waals surface area contributed by atoms with Crippen molar-refractivity contribution in [2.24, 2.45) is 0 Å². The molecule has 0 N–H and O–H groups in total. The monoisotopic (exact) mass is 460 g/mol. The third kappa shape index (κ3) is 6.41. The third-order valence-corrected chi connectivity index (χ3v) is 5.85. The Kier molecular flexibility index (Phi) is 9.02. The summed E-state index contributed by atoms with van der Waals surface area (Å²) in [4.78, 5) is 0. The molecule has 34 heavy (non-hydrogen) atoms. The van der Waals surface area contributed by atoms with E-state index in [0.29, 0.717) is 19.8 Å². The summed E-state index contributed by atoms with van der Waals surface area (Å²) in [7, 11) is 1.61. The van der Waals surface area contributed by atoms with Crippen LogP contribution in [0.4, 0.5) is 0 Å². The first-order chi connectivity index (χ1) is 16.8. The largest absolute Gasteiger partial charge is 0.368 e. The van der Waals surface area contributed by atoms with Gasteiger partial charge in [0.05, 0.1) is 19.8 Å². The van der Waals surface area contributed by atoms with Crippen molar-refractivity contribution in [3.63, 3.8) is 0 Å². The van der Waals surface area contributed by atoms with Crippen LogP contribution in [0, 0.1) is 0 Å². The van der Waals surface area contributed by atoms with Gasteiger partial charge in [-0.25, -0.2) is 0 Å². The summed E-state index contributed by atoms with van der Waals surface area (Å²) in [6.45, 7) is 5.22. The topological polar surface area (TPSA) is 46.2 Å². The molecule has 0 aromatic heterocycles. The SMILES string of the molecule is C=C[C@H]1O[C@H](OC)[C@@H](OCc2ccccc2)[C@@H](OCc2ccccc2)[C@@H]1OCc1ccccc1. The van der Waals surface area contributed by atoms with Crippen molar-refractivity contribution in [1.82, 2.24) is 0 Å². The molecule has 5 heteroatoms. The van der Waals surface area contributed by atoms with Gasteiger partial charge in [0.2, 0.25) is 0 Å². The van der Waals surface area contributed by atoms with E-state index in [1.54, 1.807) is 13.2 Å². The zero-order valence-electron chi connectivity index (χ0n) is 19.5. The molecule has 0 aliphatic carbocycles. The zero-order chi connectivity index (χ0) is 23.6. The lowest BCUT2D eigenvalue weighted by Crippen LogP contribution is -2.60. The van der Waals surface area contributed by atoms with Gasteiger partial charge in [-0.05, 0) is 16.7 Å². The van der Waals surface area contributed by atoms with Crippen LogP contribution in [0.15, 0.2) is 104 Å². The maximum absolute atomic E-state index is 6.48. The van der Waals surface area contributed by atoms with Gasteiger partial charge in [-0.3, -0.25) is 0 Å². The van der Waals surface area contributed by atoms with E-state index in [1.165, 1.54) is 0 Å². The van der Waals surface area contributed by atoms with Gasteiger partial charge in [0.15, 0.2) is 6.29 Å². The molecule has 0 amide bonds. The van der Waals surface area contributed by atoms with Gasteiger partial charge in [-0.2, -0.15) is 0 Å². The first kappa shape index (κ1) is 24.3. The average molecular weight is 461 g/mol. The Balaban J connectivity index is 1.57. The third-order valence-electron chi connectivity index (χ3n) is 5.85. The highest BCUT2D eigenvalue weighted by Gasteiger charge is 2.47. The van der Waals surface area contributed by atoms with Crippen molar-refractivity contribution >= 4 is 0 Å². The fourth-order valence-corrected chi connectivity index (χ4v) is 4.07. The summed E-state index contributed by atoms with van der Waals surface area (Å²) >= 11 is 0. The van der Waals surface area contributed by atoms with Gasteiger partial charge < -0.3 is 23.7 Å². The Bertz CT molecular complexity index is 979. The molecular formula is C29H32O5. The molecule has 1 aliphatic rings. The van der Waals surface area contributed by atoms with Crippen LogP contribution in [0.1, 0.15) is 16.7 Å². The smallest absolute Gasteiger partial charge is 0.186 e. The summed E-state index contributed by atoms with van der Waals surface area (Å²) in [6, 6.07) is 30.2. The average Bonchev–Trinajstić information content (AvgIpc) is 2.91. The molecular weight excluding hydrogens is 428 g/mol. The molecule has 4 rings (SSSR count). The minimum Gasteiger partial charge on any atom is -0.368 e. The van der Waals surface area contributed by atoms with E-state index >= 15 is 0 Å². The highest BCUT2D eigenvalue weighted by atomic mass is 16.7. The molecule has 0 saturated carbocycles. The lowest BCUT2D eigenvalue weighted by Gasteiger charge is -2.44. The van der Waals surface area contributed by atoms with Crippen molar-refractivity contribution in [3.05, 3.63) is 120 Å². The minimum absolute atomic E-state index is 0.407. The van der Waals surface area contributed by atoms with Crippen LogP contribution >= 0.6 is 0 Å².